The van der Waals surface area contributed by atoms with Crippen molar-refractivity contribution in [2.45, 2.75) is 43.8 Å². The molecule has 2 aromatic carbocycles. The number of thioether (sulfide) groups is 1. The third kappa shape index (κ3) is 4.79. The predicted molar refractivity (Wildman–Crippen MR) is 117 cm³/mol. The van der Waals surface area contributed by atoms with Gasteiger partial charge in [-0.1, -0.05) is 36.0 Å². The van der Waals surface area contributed by atoms with Crippen molar-refractivity contribution in [2.75, 3.05) is 7.11 Å². The van der Waals surface area contributed by atoms with E-state index in [0.717, 1.165) is 11.3 Å². The Balaban J connectivity index is 1.75. The summed E-state index contributed by atoms with van der Waals surface area (Å²) < 4.78 is 6.80. The van der Waals surface area contributed by atoms with E-state index in [0.29, 0.717) is 22.6 Å². The molecule has 1 N–H and O–H groups in total. The molecule has 0 fully saturated rings. The monoisotopic (exact) mass is 411 g/mol. The zero-order chi connectivity index (χ0) is 21.0. The first kappa shape index (κ1) is 20.9. The minimum absolute atomic E-state index is 0.0586. The minimum Gasteiger partial charge on any atom is -0.497 e. The summed E-state index contributed by atoms with van der Waals surface area (Å²) in [5.74, 6) is 0.668. The first-order chi connectivity index (χ1) is 13.9. The molecule has 0 unspecified atom stereocenters. The van der Waals surface area contributed by atoms with Crippen LogP contribution >= 0.6 is 11.8 Å². The second-order valence-electron chi connectivity index (χ2n) is 7.01. The van der Waals surface area contributed by atoms with E-state index in [1.54, 1.807) is 17.7 Å². The summed E-state index contributed by atoms with van der Waals surface area (Å²) in [6.07, 6.45) is 0. The average Bonchev–Trinajstić information content (AvgIpc) is 2.72. The number of rotatable bonds is 7. The molecule has 3 rings (SSSR count). The quantitative estimate of drug-likeness (QED) is 0.473. The molecule has 29 heavy (non-hydrogen) atoms. The standard InChI is InChI=1S/C22H25N3O3S/c1-14(2)25-21(27)18-7-5-6-8-19(18)24-22(25)29-15(3)20(26)23-13-16-9-11-17(28-4)12-10-16/h5-12,14-15H,13H2,1-4H3,(H,23,26)/t15-/m1/s1. The third-order valence-electron chi connectivity index (χ3n) is 4.57. The summed E-state index contributed by atoms with van der Waals surface area (Å²) >= 11 is 1.30. The van der Waals surface area contributed by atoms with E-state index in [1.165, 1.54) is 11.8 Å². The molecule has 0 bridgehead atoms. The molecule has 1 amide bonds. The number of fused-ring (bicyclic) bond motifs is 1. The van der Waals surface area contributed by atoms with E-state index in [2.05, 4.69) is 10.3 Å². The van der Waals surface area contributed by atoms with Gasteiger partial charge in [-0.15, -0.1) is 0 Å². The second-order valence-corrected chi connectivity index (χ2v) is 8.31. The maximum absolute atomic E-state index is 12.9. The fourth-order valence-corrected chi connectivity index (χ4v) is 4.02. The van der Waals surface area contributed by atoms with Gasteiger partial charge in [0, 0.05) is 12.6 Å². The van der Waals surface area contributed by atoms with Gasteiger partial charge >= 0.3 is 0 Å². The zero-order valence-electron chi connectivity index (χ0n) is 17.0. The molecular formula is C22H25N3O3S. The summed E-state index contributed by atoms with van der Waals surface area (Å²) in [4.78, 5) is 30.2. The molecule has 3 aromatic rings. The highest BCUT2D eigenvalue weighted by Gasteiger charge is 2.20. The van der Waals surface area contributed by atoms with Gasteiger partial charge in [0.2, 0.25) is 5.91 Å². The van der Waals surface area contributed by atoms with Crippen LogP contribution in [0, 0.1) is 0 Å². The highest BCUT2D eigenvalue weighted by Crippen LogP contribution is 2.25. The molecule has 0 aliphatic rings. The van der Waals surface area contributed by atoms with E-state index in [9.17, 15) is 9.59 Å². The molecule has 0 saturated heterocycles. The van der Waals surface area contributed by atoms with Crippen molar-refractivity contribution in [2.24, 2.45) is 0 Å². The van der Waals surface area contributed by atoms with Gasteiger partial charge in [0.05, 0.1) is 23.3 Å². The summed E-state index contributed by atoms with van der Waals surface area (Å²) in [7, 11) is 1.62. The Morgan fingerprint density at radius 1 is 1.14 bits per heavy atom. The first-order valence-corrected chi connectivity index (χ1v) is 10.4. The highest BCUT2D eigenvalue weighted by atomic mass is 32.2. The van der Waals surface area contributed by atoms with Crippen molar-refractivity contribution in [1.29, 1.82) is 0 Å². The van der Waals surface area contributed by atoms with Gasteiger partial charge in [-0.2, -0.15) is 0 Å². The van der Waals surface area contributed by atoms with Gasteiger partial charge in [0.15, 0.2) is 5.16 Å². The number of amides is 1. The molecule has 1 atom stereocenters. The Morgan fingerprint density at radius 3 is 2.48 bits per heavy atom. The number of para-hydroxylation sites is 1. The molecule has 0 saturated carbocycles. The minimum atomic E-state index is -0.397. The van der Waals surface area contributed by atoms with Gasteiger partial charge in [-0.25, -0.2) is 4.98 Å². The first-order valence-electron chi connectivity index (χ1n) is 9.49. The molecule has 0 aliphatic heterocycles. The van der Waals surface area contributed by atoms with E-state index in [4.69, 9.17) is 4.74 Å². The topological polar surface area (TPSA) is 73.2 Å². The van der Waals surface area contributed by atoms with Crippen molar-refractivity contribution in [3.8, 4) is 5.75 Å². The van der Waals surface area contributed by atoms with Crippen LogP contribution in [0.15, 0.2) is 58.5 Å². The fraction of sp³-hybridized carbons (Fsp3) is 0.318. The van der Waals surface area contributed by atoms with Crippen LogP contribution in [-0.4, -0.2) is 27.8 Å². The number of methoxy groups -OCH3 is 1. The molecule has 7 heteroatoms. The summed E-state index contributed by atoms with van der Waals surface area (Å²) in [6.45, 7) is 6.13. The van der Waals surface area contributed by atoms with Crippen LogP contribution in [0.2, 0.25) is 0 Å². The molecule has 1 heterocycles. The van der Waals surface area contributed by atoms with Crippen LogP contribution in [0.1, 0.15) is 32.4 Å². The number of aromatic nitrogens is 2. The lowest BCUT2D eigenvalue weighted by Gasteiger charge is -2.18. The molecule has 6 nitrogen and oxygen atoms in total. The van der Waals surface area contributed by atoms with Crippen LogP contribution < -0.4 is 15.6 Å². The van der Waals surface area contributed by atoms with Crippen LogP contribution in [0.4, 0.5) is 0 Å². The number of nitrogens with one attached hydrogen (secondary N) is 1. The average molecular weight is 412 g/mol. The van der Waals surface area contributed by atoms with Gasteiger partial charge in [-0.3, -0.25) is 14.2 Å². The molecule has 152 valence electrons. The second kappa shape index (κ2) is 9.13. The number of benzene rings is 2. The Hall–Kier alpha value is -2.80. The fourth-order valence-electron chi connectivity index (χ4n) is 2.95. The van der Waals surface area contributed by atoms with E-state index < -0.39 is 5.25 Å². The molecule has 0 radical (unpaired) electrons. The molecular weight excluding hydrogens is 386 g/mol. The van der Waals surface area contributed by atoms with Crippen molar-refractivity contribution in [3.63, 3.8) is 0 Å². The summed E-state index contributed by atoms with van der Waals surface area (Å²) in [5, 5.41) is 3.68. The van der Waals surface area contributed by atoms with E-state index in [-0.39, 0.29) is 17.5 Å². The van der Waals surface area contributed by atoms with Crippen molar-refractivity contribution in [3.05, 3.63) is 64.4 Å². The van der Waals surface area contributed by atoms with E-state index in [1.807, 2.05) is 63.2 Å². The Morgan fingerprint density at radius 2 is 1.83 bits per heavy atom. The number of hydrogen-bond donors (Lipinski definition) is 1. The molecule has 0 aliphatic carbocycles. The molecule has 0 spiro atoms. The van der Waals surface area contributed by atoms with Crippen molar-refractivity contribution in [1.82, 2.24) is 14.9 Å². The van der Waals surface area contributed by atoms with E-state index >= 15 is 0 Å². The SMILES string of the molecule is COc1ccc(CNC(=O)[C@@H](C)Sc2nc3ccccc3c(=O)n2C(C)C)cc1. The maximum atomic E-state index is 12.9. The summed E-state index contributed by atoms with van der Waals surface area (Å²) in [6, 6.07) is 14.8. The largest absolute Gasteiger partial charge is 0.497 e. The smallest absolute Gasteiger partial charge is 0.262 e. The number of hydrogen-bond acceptors (Lipinski definition) is 5. The third-order valence-corrected chi connectivity index (χ3v) is 5.64. The Kier molecular flexibility index (Phi) is 6.59. The maximum Gasteiger partial charge on any atom is 0.262 e. The summed E-state index contributed by atoms with van der Waals surface area (Å²) in [5.41, 5.74) is 1.54. The van der Waals surface area contributed by atoms with Crippen LogP contribution in [-0.2, 0) is 11.3 Å². The normalized spacial score (nSPS) is 12.2. The number of ether oxygens (including phenoxy) is 1. The molecule has 1 aromatic heterocycles. The van der Waals surface area contributed by atoms with Gasteiger partial charge < -0.3 is 10.1 Å². The highest BCUT2D eigenvalue weighted by molar-refractivity contribution is 8.00. The lowest BCUT2D eigenvalue weighted by atomic mass is 10.2. The Labute approximate surface area is 174 Å². The van der Waals surface area contributed by atoms with Gasteiger partial charge in [0.25, 0.3) is 5.56 Å². The van der Waals surface area contributed by atoms with Crippen molar-refractivity contribution >= 4 is 28.6 Å². The van der Waals surface area contributed by atoms with Gasteiger partial charge in [-0.05, 0) is 50.6 Å². The van der Waals surface area contributed by atoms with Crippen molar-refractivity contribution < 1.29 is 9.53 Å². The number of carbonyl (C=O) groups excluding carboxylic acids is 1. The predicted octanol–water partition coefficient (Wildman–Crippen LogP) is 3.78. The lowest BCUT2D eigenvalue weighted by molar-refractivity contribution is -0.120. The van der Waals surface area contributed by atoms with Crippen LogP contribution in [0.25, 0.3) is 10.9 Å². The van der Waals surface area contributed by atoms with Crippen LogP contribution in [0.3, 0.4) is 0 Å². The number of carbonyl (C=O) groups is 1. The van der Waals surface area contributed by atoms with Gasteiger partial charge in [0.1, 0.15) is 5.75 Å². The number of nitrogens with zero attached hydrogens (tertiary/aromatic N) is 2. The Bertz CT molecular complexity index is 1060. The van der Waals surface area contributed by atoms with Crippen LogP contribution in [0.5, 0.6) is 5.75 Å². The lowest BCUT2D eigenvalue weighted by Crippen LogP contribution is -2.32. The zero-order valence-corrected chi connectivity index (χ0v) is 17.8.